The fraction of sp³-hybridized carbons (Fsp3) is 0.214. The van der Waals surface area contributed by atoms with Crippen LogP contribution in [-0.2, 0) is 9.59 Å². The number of nitrogens with one attached hydrogen (secondary N) is 2. The zero-order valence-electron chi connectivity index (χ0n) is 11.7. The second kappa shape index (κ2) is 8.54. The van der Waals surface area contributed by atoms with E-state index in [0.29, 0.717) is 16.5 Å². The Labute approximate surface area is 132 Å². The van der Waals surface area contributed by atoms with Gasteiger partial charge in [-0.2, -0.15) is 5.26 Å². The molecule has 0 fully saturated rings. The van der Waals surface area contributed by atoms with E-state index in [0.717, 1.165) is 6.20 Å². The van der Waals surface area contributed by atoms with Gasteiger partial charge < -0.3 is 20.5 Å². The molecule has 0 heterocycles. The van der Waals surface area contributed by atoms with Crippen LogP contribution in [0.3, 0.4) is 0 Å². The molecule has 3 N–H and O–H groups in total. The number of carboxylic acid groups (broad SMARTS) is 1. The van der Waals surface area contributed by atoms with Crippen LogP contribution in [0.4, 0.5) is 5.69 Å². The van der Waals surface area contributed by atoms with Crippen LogP contribution in [0.2, 0.25) is 5.02 Å². The maximum absolute atomic E-state index is 12.0. The lowest BCUT2D eigenvalue weighted by molar-refractivity contribution is -0.136. The van der Waals surface area contributed by atoms with Crippen LogP contribution in [-0.4, -0.2) is 30.6 Å². The van der Waals surface area contributed by atoms with E-state index >= 15 is 0 Å². The predicted molar refractivity (Wildman–Crippen MR) is 80.6 cm³/mol. The molecule has 7 nitrogen and oxygen atoms in total. The Morgan fingerprint density at radius 2 is 2.23 bits per heavy atom. The van der Waals surface area contributed by atoms with Crippen molar-refractivity contribution in [1.29, 1.82) is 5.26 Å². The van der Waals surface area contributed by atoms with Gasteiger partial charge in [0.15, 0.2) is 0 Å². The van der Waals surface area contributed by atoms with Gasteiger partial charge in [0.2, 0.25) is 0 Å². The Balaban J connectivity index is 2.77. The largest absolute Gasteiger partial charge is 0.495 e. The van der Waals surface area contributed by atoms with Gasteiger partial charge in [0.05, 0.1) is 19.2 Å². The van der Waals surface area contributed by atoms with Crippen LogP contribution in [0, 0.1) is 11.3 Å². The van der Waals surface area contributed by atoms with Crippen LogP contribution >= 0.6 is 11.6 Å². The van der Waals surface area contributed by atoms with Crippen molar-refractivity contribution in [2.75, 3.05) is 19.0 Å². The highest BCUT2D eigenvalue weighted by Crippen LogP contribution is 2.27. The molecule has 0 saturated carbocycles. The zero-order chi connectivity index (χ0) is 16.5. The van der Waals surface area contributed by atoms with Gasteiger partial charge in [-0.25, -0.2) is 0 Å². The first-order valence-electron chi connectivity index (χ1n) is 6.18. The number of methoxy groups -OCH3 is 1. The normalized spacial score (nSPS) is 10.5. The Morgan fingerprint density at radius 1 is 1.50 bits per heavy atom. The van der Waals surface area contributed by atoms with E-state index in [2.05, 4.69) is 10.6 Å². The molecule has 8 heteroatoms. The average Bonchev–Trinajstić information content (AvgIpc) is 2.47. The topological polar surface area (TPSA) is 111 Å². The monoisotopic (exact) mass is 323 g/mol. The summed E-state index contributed by atoms with van der Waals surface area (Å²) >= 11 is 5.85. The van der Waals surface area contributed by atoms with Gasteiger partial charge in [-0.15, -0.1) is 0 Å². The number of anilines is 1. The highest BCUT2D eigenvalue weighted by Gasteiger charge is 2.12. The molecule has 0 spiro atoms. The first-order valence-corrected chi connectivity index (χ1v) is 6.56. The van der Waals surface area contributed by atoms with Crippen molar-refractivity contribution in [2.24, 2.45) is 0 Å². The number of carbonyl (C=O) groups excluding carboxylic acids is 1. The number of aliphatic carboxylic acids is 1. The highest BCUT2D eigenvalue weighted by atomic mass is 35.5. The number of ether oxygens (including phenoxy) is 1. The minimum Gasteiger partial charge on any atom is -0.495 e. The van der Waals surface area contributed by atoms with Crippen molar-refractivity contribution in [2.45, 2.75) is 6.42 Å². The van der Waals surface area contributed by atoms with Crippen molar-refractivity contribution >= 4 is 29.2 Å². The van der Waals surface area contributed by atoms with E-state index < -0.39 is 11.9 Å². The van der Waals surface area contributed by atoms with Gasteiger partial charge in [-0.1, -0.05) is 11.6 Å². The van der Waals surface area contributed by atoms with Gasteiger partial charge in [-0.05, 0) is 18.2 Å². The summed E-state index contributed by atoms with van der Waals surface area (Å²) in [5.74, 6) is -1.24. The van der Waals surface area contributed by atoms with Crippen LogP contribution in [0.1, 0.15) is 6.42 Å². The first-order chi connectivity index (χ1) is 10.5. The highest BCUT2D eigenvalue weighted by molar-refractivity contribution is 6.31. The van der Waals surface area contributed by atoms with Gasteiger partial charge in [0.1, 0.15) is 17.4 Å². The van der Waals surface area contributed by atoms with Crippen molar-refractivity contribution < 1.29 is 19.4 Å². The standard InChI is InChI=1S/C14H14ClN3O4/c1-22-12-3-2-10(15)6-11(12)18-14(21)9(7-16)8-17-5-4-13(19)20/h2-3,6,8,17H,4-5H2,1H3,(H,18,21)(H,19,20)/b9-8-. The number of halogens is 1. The second-order valence-corrected chi connectivity index (χ2v) is 4.50. The summed E-state index contributed by atoms with van der Waals surface area (Å²) in [6.07, 6.45) is 1.04. The molecule has 1 aromatic rings. The van der Waals surface area contributed by atoms with Crippen molar-refractivity contribution in [3.05, 3.63) is 35.0 Å². The molecule has 0 aliphatic carbocycles. The minimum atomic E-state index is -0.979. The molecule has 0 aromatic heterocycles. The molecule has 116 valence electrons. The molecular formula is C14H14ClN3O4. The lowest BCUT2D eigenvalue weighted by atomic mass is 10.2. The summed E-state index contributed by atoms with van der Waals surface area (Å²) < 4.78 is 5.08. The number of nitrogens with zero attached hydrogens (tertiary/aromatic N) is 1. The molecule has 0 aliphatic rings. The summed E-state index contributed by atoms with van der Waals surface area (Å²) in [4.78, 5) is 22.4. The fourth-order valence-electron chi connectivity index (χ4n) is 1.47. The molecule has 0 aliphatic heterocycles. The quantitative estimate of drug-likeness (QED) is 0.400. The number of amides is 1. The number of nitriles is 1. The summed E-state index contributed by atoms with van der Waals surface area (Å²) in [7, 11) is 1.44. The first kappa shape index (κ1) is 17.3. The van der Waals surface area contributed by atoms with Crippen LogP contribution in [0.15, 0.2) is 30.0 Å². The van der Waals surface area contributed by atoms with Crippen LogP contribution < -0.4 is 15.4 Å². The maximum atomic E-state index is 12.0. The lowest BCUT2D eigenvalue weighted by Crippen LogP contribution is -2.18. The van der Waals surface area contributed by atoms with Crippen molar-refractivity contribution in [1.82, 2.24) is 5.32 Å². The molecule has 0 bridgehead atoms. The third-order valence-electron chi connectivity index (χ3n) is 2.50. The molecule has 1 rings (SSSR count). The Hall–Kier alpha value is -2.72. The third-order valence-corrected chi connectivity index (χ3v) is 2.74. The van der Waals surface area contributed by atoms with E-state index in [1.165, 1.54) is 13.2 Å². The molecule has 0 atom stereocenters. The van der Waals surface area contributed by atoms with Gasteiger partial charge in [-0.3, -0.25) is 9.59 Å². The lowest BCUT2D eigenvalue weighted by Gasteiger charge is -2.10. The van der Waals surface area contributed by atoms with Gasteiger partial charge in [0.25, 0.3) is 5.91 Å². The number of hydrogen-bond acceptors (Lipinski definition) is 5. The van der Waals surface area contributed by atoms with Gasteiger partial charge >= 0.3 is 5.97 Å². The number of benzene rings is 1. The van der Waals surface area contributed by atoms with E-state index in [1.807, 2.05) is 0 Å². The minimum absolute atomic E-state index is 0.105. The third kappa shape index (κ3) is 5.34. The SMILES string of the molecule is COc1ccc(Cl)cc1NC(=O)/C(C#N)=C\NCCC(=O)O. The van der Waals surface area contributed by atoms with Crippen LogP contribution in [0.5, 0.6) is 5.75 Å². The van der Waals surface area contributed by atoms with E-state index in [4.69, 9.17) is 26.7 Å². The predicted octanol–water partition coefficient (Wildman–Crippen LogP) is 1.76. The number of carbonyl (C=O) groups is 2. The Morgan fingerprint density at radius 3 is 2.82 bits per heavy atom. The Bertz CT molecular complexity index is 637. The van der Waals surface area contributed by atoms with Crippen LogP contribution in [0.25, 0.3) is 0 Å². The smallest absolute Gasteiger partial charge is 0.305 e. The molecular weight excluding hydrogens is 310 g/mol. The fourth-order valence-corrected chi connectivity index (χ4v) is 1.64. The molecule has 1 amide bonds. The van der Waals surface area contributed by atoms with Gasteiger partial charge in [0, 0.05) is 17.8 Å². The van der Waals surface area contributed by atoms with E-state index in [9.17, 15) is 9.59 Å². The molecule has 0 unspecified atom stereocenters. The zero-order valence-corrected chi connectivity index (χ0v) is 12.5. The molecule has 0 radical (unpaired) electrons. The summed E-state index contributed by atoms with van der Waals surface area (Å²) in [6.45, 7) is 0.105. The summed E-state index contributed by atoms with van der Waals surface area (Å²) in [6, 6.07) is 6.40. The summed E-state index contributed by atoms with van der Waals surface area (Å²) in [5.41, 5.74) is 0.124. The number of hydrogen-bond donors (Lipinski definition) is 3. The Kier molecular flexibility index (Phi) is 6.73. The second-order valence-electron chi connectivity index (χ2n) is 4.07. The number of carboxylic acids is 1. The number of rotatable bonds is 7. The van der Waals surface area contributed by atoms with E-state index in [-0.39, 0.29) is 18.5 Å². The average molecular weight is 324 g/mol. The maximum Gasteiger partial charge on any atom is 0.305 e. The molecule has 1 aromatic carbocycles. The molecule has 0 saturated heterocycles. The van der Waals surface area contributed by atoms with Crippen molar-refractivity contribution in [3.63, 3.8) is 0 Å². The summed E-state index contributed by atoms with van der Waals surface area (Å²) in [5, 5.41) is 23.0. The molecule has 22 heavy (non-hydrogen) atoms. The van der Waals surface area contributed by atoms with Crippen molar-refractivity contribution in [3.8, 4) is 11.8 Å². The van der Waals surface area contributed by atoms with E-state index in [1.54, 1.807) is 18.2 Å².